The van der Waals surface area contributed by atoms with Crippen LogP contribution >= 0.6 is 0 Å². The Bertz CT molecular complexity index is 1220. The van der Waals surface area contributed by atoms with E-state index in [1.54, 1.807) is 7.11 Å². The third-order valence-corrected chi connectivity index (χ3v) is 8.54. The number of rotatable bonds is 6. The molecule has 1 saturated carbocycles. The highest BCUT2D eigenvalue weighted by Gasteiger charge is 2.70. The maximum absolute atomic E-state index is 13.0. The van der Waals surface area contributed by atoms with Crippen LogP contribution in [-0.2, 0) is 15.1 Å². The van der Waals surface area contributed by atoms with Crippen molar-refractivity contribution >= 4 is 0 Å². The number of ether oxygens (including phenoxy) is 2. The van der Waals surface area contributed by atoms with E-state index >= 15 is 0 Å². The molecule has 1 aliphatic heterocycles. The van der Waals surface area contributed by atoms with E-state index in [9.17, 15) is 5.11 Å². The van der Waals surface area contributed by atoms with Gasteiger partial charge in [0.1, 0.15) is 5.60 Å². The summed E-state index contributed by atoms with van der Waals surface area (Å²) < 4.78 is 12.4. The van der Waals surface area contributed by atoms with Gasteiger partial charge in [-0.1, -0.05) is 109 Å². The molecular weight excluding hydrogens is 444 g/mol. The van der Waals surface area contributed by atoms with Gasteiger partial charge >= 0.3 is 0 Å². The van der Waals surface area contributed by atoms with Gasteiger partial charge in [0.2, 0.25) is 0 Å². The minimum atomic E-state index is -1.26. The number of hydrogen-bond donors (Lipinski definition) is 1. The van der Waals surface area contributed by atoms with Gasteiger partial charge < -0.3 is 14.6 Å². The van der Waals surface area contributed by atoms with Crippen LogP contribution in [0.3, 0.4) is 0 Å². The van der Waals surface area contributed by atoms with Crippen LogP contribution in [-0.4, -0.2) is 24.6 Å². The first-order valence-corrected chi connectivity index (χ1v) is 12.9. The predicted molar refractivity (Wildman–Crippen MR) is 143 cm³/mol. The molecule has 0 bridgehead atoms. The molecule has 1 heterocycles. The van der Waals surface area contributed by atoms with Crippen LogP contribution in [0.2, 0.25) is 0 Å². The lowest BCUT2D eigenvalue weighted by atomic mass is 9.60. The number of aliphatic hydroxyl groups is 1. The second-order valence-corrected chi connectivity index (χ2v) is 10.1. The van der Waals surface area contributed by atoms with Crippen molar-refractivity contribution in [2.75, 3.05) is 13.7 Å². The molecule has 1 N–H and O–H groups in total. The average Bonchev–Trinajstić information content (AvgIpc) is 3.51. The Kier molecular flexibility index (Phi) is 5.80. The summed E-state index contributed by atoms with van der Waals surface area (Å²) in [5.74, 6) is -0.794. The third-order valence-electron chi connectivity index (χ3n) is 8.54. The van der Waals surface area contributed by atoms with Gasteiger partial charge in [-0.25, -0.2) is 0 Å². The van der Waals surface area contributed by atoms with E-state index in [0.29, 0.717) is 6.61 Å². The standard InChI is InChI=1S/C33H32O3/c1-35-32-22-8-21-31(32,23-24-36-32)33(34,29-17-13-27(14-18-29)25-9-4-2-5-10-25)30-19-15-28(16-20-30)26-11-6-3-7-12-26/h2-7,9-20,34H,8,21-24H2,1H3/t31-,32+/m0/s1. The van der Waals surface area contributed by atoms with Crippen LogP contribution in [0.25, 0.3) is 22.3 Å². The van der Waals surface area contributed by atoms with Crippen LogP contribution < -0.4 is 0 Å². The van der Waals surface area contributed by atoms with Crippen molar-refractivity contribution in [3.63, 3.8) is 0 Å². The molecule has 36 heavy (non-hydrogen) atoms. The molecule has 0 unspecified atom stereocenters. The molecule has 2 aliphatic rings. The lowest BCUT2D eigenvalue weighted by molar-refractivity contribution is -0.268. The summed E-state index contributed by atoms with van der Waals surface area (Å²) in [7, 11) is 1.73. The highest BCUT2D eigenvalue weighted by atomic mass is 16.7. The van der Waals surface area contributed by atoms with Gasteiger partial charge in [-0.15, -0.1) is 0 Å². The first-order valence-electron chi connectivity index (χ1n) is 12.9. The monoisotopic (exact) mass is 476 g/mol. The lowest BCUT2D eigenvalue weighted by Crippen LogP contribution is -2.56. The van der Waals surface area contributed by atoms with E-state index < -0.39 is 16.8 Å². The van der Waals surface area contributed by atoms with Gasteiger partial charge in [0.25, 0.3) is 0 Å². The smallest absolute Gasteiger partial charge is 0.176 e. The summed E-state index contributed by atoms with van der Waals surface area (Å²) in [5.41, 5.74) is 4.50. The second kappa shape index (κ2) is 9.01. The number of hydrogen-bond acceptors (Lipinski definition) is 3. The quantitative estimate of drug-likeness (QED) is 0.320. The topological polar surface area (TPSA) is 38.7 Å². The minimum Gasteiger partial charge on any atom is -0.380 e. The molecule has 3 nitrogen and oxygen atoms in total. The first kappa shape index (κ1) is 23.2. The molecule has 1 aliphatic carbocycles. The molecule has 0 radical (unpaired) electrons. The maximum Gasteiger partial charge on any atom is 0.176 e. The van der Waals surface area contributed by atoms with E-state index in [-0.39, 0.29) is 0 Å². The molecule has 0 amide bonds. The molecule has 0 spiro atoms. The molecule has 2 atom stereocenters. The first-order chi connectivity index (χ1) is 17.6. The number of fused-ring (bicyclic) bond motifs is 1. The largest absolute Gasteiger partial charge is 0.380 e. The number of methoxy groups -OCH3 is 1. The molecule has 0 aromatic heterocycles. The van der Waals surface area contributed by atoms with Gasteiger partial charge in [-0.2, -0.15) is 0 Å². The van der Waals surface area contributed by atoms with Crippen LogP contribution in [0.15, 0.2) is 109 Å². The molecule has 1 saturated heterocycles. The summed E-state index contributed by atoms with van der Waals surface area (Å²) in [6.07, 6.45) is 3.34. The van der Waals surface area contributed by atoms with Crippen molar-refractivity contribution in [3.05, 3.63) is 120 Å². The minimum absolute atomic E-state index is 0.572. The highest BCUT2D eigenvalue weighted by molar-refractivity contribution is 5.65. The lowest BCUT2D eigenvalue weighted by Gasteiger charge is -2.50. The molecule has 4 aromatic rings. The van der Waals surface area contributed by atoms with Crippen molar-refractivity contribution in [3.8, 4) is 22.3 Å². The third kappa shape index (κ3) is 3.38. The Morgan fingerprint density at radius 3 is 1.58 bits per heavy atom. The van der Waals surface area contributed by atoms with Crippen molar-refractivity contribution in [2.45, 2.75) is 37.1 Å². The van der Waals surface area contributed by atoms with E-state index in [2.05, 4.69) is 72.8 Å². The van der Waals surface area contributed by atoms with Crippen molar-refractivity contribution in [1.29, 1.82) is 0 Å². The zero-order valence-electron chi connectivity index (χ0n) is 20.7. The van der Waals surface area contributed by atoms with Crippen molar-refractivity contribution in [1.82, 2.24) is 0 Å². The summed E-state index contributed by atoms with van der Waals surface area (Å²) in [5, 5.41) is 13.0. The van der Waals surface area contributed by atoms with E-state index in [1.807, 2.05) is 36.4 Å². The SMILES string of the molecule is CO[C@@]12CCC[C@]1(C(O)(c1ccc(-c3ccccc3)cc1)c1ccc(-c3ccccc3)cc1)CCO2. The van der Waals surface area contributed by atoms with Crippen molar-refractivity contribution in [2.24, 2.45) is 5.41 Å². The summed E-state index contributed by atoms with van der Waals surface area (Å²) in [4.78, 5) is 0. The fraction of sp³-hybridized carbons (Fsp3) is 0.273. The molecule has 4 aromatic carbocycles. The van der Waals surface area contributed by atoms with Crippen LogP contribution in [0, 0.1) is 5.41 Å². The Labute approximate surface area is 213 Å². The summed E-state index contributed by atoms with van der Waals surface area (Å²) >= 11 is 0. The van der Waals surface area contributed by atoms with E-state index in [1.165, 1.54) is 0 Å². The van der Waals surface area contributed by atoms with Gasteiger partial charge in [-0.05, 0) is 52.6 Å². The zero-order chi connectivity index (χ0) is 24.6. The normalized spacial score (nSPS) is 23.5. The predicted octanol–water partition coefficient (Wildman–Crippen LogP) is 7.19. The zero-order valence-corrected chi connectivity index (χ0v) is 20.7. The molecule has 182 valence electrons. The van der Waals surface area contributed by atoms with E-state index in [4.69, 9.17) is 9.47 Å². The summed E-state index contributed by atoms with van der Waals surface area (Å²) in [6, 6.07) is 37.5. The molecule has 3 heteroatoms. The Morgan fingerprint density at radius 2 is 1.11 bits per heavy atom. The molecule has 2 fully saturated rings. The van der Waals surface area contributed by atoms with Gasteiger partial charge in [0.15, 0.2) is 5.79 Å². The van der Waals surface area contributed by atoms with Crippen LogP contribution in [0.1, 0.15) is 36.8 Å². The highest BCUT2D eigenvalue weighted by Crippen LogP contribution is 2.65. The average molecular weight is 477 g/mol. The van der Waals surface area contributed by atoms with Gasteiger partial charge in [0, 0.05) is 13.5 Å². The molecule has 6 rings (SSSR count). The molecular formula is C33H32O3. The van der Waals surface area contributed by atoms with Crippen LogP contribution in [0.5, 0.6) is 0 Å². The fourth-order valence-corrected chi connectivity index (χ4v) is 6.75. The van der Waals surface area contributed by atoms with Crippen LogP contribution in [0.4, 0.5) is 0 Å². The Hall–Kier alpha value is -3.24. The van der Waals surface area contributed by atoms with E-state index in [0.717, 1.165) is 59.1 Å². The van der Waals surface area contributed by atoms with Gasteiger partial charge in [0.05, 0.1) is 12.0 Å². The summed E-state index contributed by atoms with van der Waals surface area (Å²) in [6.45, 7) is 0.584. The van der Waals surface area contributed by atoms with Crippen molar-refractivity contribution < 1.29 is 14.6 Å². The Morgan fingerprint density at radius 1 is 0.639 bits per heavy atom. The second-order valence-electron chi connectivity index (χ2n) is 10.1. The fourth-order valence-electron chi connectivity index (χ4n) is 6.75. The number of benzene rings is 4. The van der Waals surface area contributed by atoms with Gasteiger partial charge in [-0.3, -0.25) is 0 Å². The maximum atomic E-state index is 13.0. The Balaban J connectivity index is 1.49.